The summed E-state index contributed by atoms with van der Waals surface area (Å²) in [5, 5.41) is 6.67. The molecule has 0 bridgehead atoms. The van der Waals surface area contributed by atoms with Crippen LogP contribution in [0.2, 0.25) is 0 Å². The number of likely N-dealkylation sites (tertiary alicyclic amines) is 1. The highest BCUT2D eigenvalue weighted by Crippen LogP contribution is 2.19. The number of H-pyrrole nitrogens is 1. The monoisotopic (exact) mass is 279 g/mol. The van der Waals surface area contributed by atoms with Crippen LogP contribution in [0, 0.1) is 12.8 Å². The third kappa shape index (κ3) is 3.56. The Morgan fingerprint density at radius 2 is 2.00 bits per heavy atom. The predicted molar refractivity (Wildman–Crippen MR) is 77.5 cm³/mol. The molecule has 0 aliphatic carbocycles. The Kier molecular flexibility index (Phi) is 5.11. The molecule has 1 aliphatic heterocycles. The summed E-state index contributed by atoms with van der Waals surface area (Å²) < 4.78 is 0. The number of hydrogen-bond acceptors (Lipinski definition) is 4. The van der Waals surface area contributed by atoms with Crippen molar-refractivity contribution in [1.82, 2.24) is 25.0 Å². The molecule has 2 heterocycles. The smallest absolute Gasteiger partial charge is 0.293 e. The van der Waals surface area contributed by atoms with Gasteiger partial charge >= 0.3 is 0 Å². The SMILES string of the molecule is CCN(CC)CC1CCN(C(=O)c2n[nH]c(C)n2)CC1. The van der Waals surface area contributed by atoms with Crippen LogP contribution in [0.4, 0.5) is 0 Å². The van der Waals surface area contributed by atoms with Gasteiger partial charge in [0.2, 0.25) is 5.82 Å². The minimum Gasteiger partial charge on any atom is -0.336 e. The maximum Gasteiger partial charge on any atom is 0.293 e. The Bertz CT molecular complexity index is 433. The number of aromatic amines is 1. The summed E-state index contributed by atoms with van der Waals surface area (Å²) in [5.74, 6) is 1.64. The molecule has 0 radical (unpaired) electrons. The molecule has 1 amide bonds. The van der Waals surface area contributed by atoms with Gasteiger partial charge in [-0.2, -0.15) is 0 Å². The van der Waals surface area contributed by atoms with Crippen LogP contribution in [0.25, 0.3) is 0 Å². The van der Waals surface area contributed by atoms with Crippen LogP contribution in [0.1, 0.15) is 43.1 Å². The van der Waals surface area contributed by atoms with Gasteiger partial charge < -0.3 is 9.80 Å². The van der Waals surface area contributed by atoms with E-state index in [-0.39, 0.29) is 5.91 Å². The molecule has 20 heavy (non-hydrogen) atoms. The van der Waals surface area contributed by atoms with Gasteiger partial charge in [0.1, 0.15) is 5.82 Å². The molecular weight excluding hydrogens is 254 g/mol. The predicted octanol–water partition coefficient (Wildman–Crippen LogP) is 1.31. The third-order valence-corrected chi connectivity index (χ3v) is 4.10. The van der Waals surface area contributed by atoms with Crippen molar-refractivity contribution in [3.8, 4) is 0 Å². The van der Waals surface area contributed by atoms with Crippen LogP contribution >= 0.6 is 0 Å². The lowest BCUT2D eigenvalue weighted by atomic mass is 9.96. The number of aryl methyl sites for hydroxylation is 1. The molecule has 1 fully saturated rings. The van der Waals surface area contributed by atoms with Gasteiger partial charge in [0.05, 0.1) is 0 Å². The fourth-order valence-electron chi connectivity index (χ4n) is 2.75. The second-order valence-corrected chi connectivity index (χ2v) is 5.47. The van der Waals surface area contributed by atoms with E-state index in [1.807, 2.05) is 4.90 Å². The van der Waals surface area contributed by atoms with E-state index in [1.54, 1.807) is 6.92 Å². The highest BCUT2D eigenvalue weighted by Gasteiger charge is 2.26. The van der Waals surface area contributed by atoms with Crippen molar-refractivity contribution in [1.29, 1.82) is 0 Å². The minimum atomic E-state index is -0.0457. The van der Waals surface area contributed by atoms with Crippen molar-refractivity contribution in [2.24, 2.45) is 5.92 Å². The molecular formula is C14H25N5O. The second-order valence-electron chi connectivity index (χ2n) is 5.47. The Morgan fingerprint density at radius 1 is 1.35 bits per heavy atom. The summed E-state index contributed by atoms with van der Waals surface area (Å²) >= 11 is 0. The summed E-state index contributed by atoms with van der Waals surface area (Å²) in [6.45, 7) is 11.2. The lowest BCUT2D eigenvalue weighted by molar-refractivity contribution is 0.0658. The average molecular weight is 279 g/mol. The first-order valence-corrected chi connectivity index (χ1v) is 7.54. The third-order valence-electron chi connectivity index (χ3n) is 4.10. The molecule has 1 aromatic heterocycles. The van der Waals surface area contributed by atoms with E-state index >= 15 is 0 Å². The van der Waals surface area contributed by atoms with Crippen molar-refractivity contribution < 1.29 is 4.79 Å². The first kappa shape index (κ1) is 15.0. The maximum absolute atomic E-state index is 12.2. The summed E-state index contributed by atoms with van der Waals surface area (Å²) in [5.41, 5.74) is 0. The number of hydrogen-bond donors (Lipinski definition) is 1. The van der Waals surface area contributed by atoms with E-state index in [4.69, 9.17) is 0 Å². The molecule has 0 unspecified atom stereocenters. The largest absolute Gasteiger partial charge is 0.336 e. The summed E-state index contributed by atoms with van der Waals surface area (Å²) in [6, 6.07) is 0. The van der Waals surface area contributed by atoms with Gasteiger partial charge in [-0.25, -0.2) is 4.98 Å². The van der Waals surface area contributed by atoms with Crippen LogP contribution in [0.5, 0.6) is 0 Å². The zero-order chi connectivity index (χ0) is 14.5. The number of carbonyl (C=O) groups excluding carboxylic acids is 1. The number of nitrogens with zero attached hydrogens (tertiary/aromatic N) is 4. The molecule has 0 saturated carbocycles. The van der Waals surface area contributed by atoms with Crippen LogP contribution in [0.15, 0.2) is 0 Å². The van der Waals surface area contributed by atoms with E-state index in [0.717, 1.165) is 45.6 Å². The van der Waals surface area contributed by atoms with Gasteiger partial charge in [-0.1, -0.05) is 13.8 Å². The summed E-state index contributed by atoms with van der Waals surface area (Å²) in [7, 11) is 0. The fourth-order valence-corrected chi connectivity index (χ4v) is 2.75. The average Bonchev–Trinajstić information content (AvgIpc) is 2.91. The van der Waals surface area contributed by atoms with Crippen LogP contribution in [-0.4, -0.2) is 63.6 Å². The van der Waals surface area contributed by atoms with E-state index in [1.165, 1.54) is 0 Å². The number of carbonyl (C=O) groups is 1. The molecule has 2 rings (SSSR count). The molecule has 0 spiro atoms. The van der Waals surface area contributed by atoms with Crippen molar-refractivity contribution >= 4 is 5.91 Å². The Morgan fingerprint density at radius 3 is 2.50 bits per heavy atom. The Labute approximate surface area is 120 Å². The van der Waals surface area contributed by atoms with Gasteiger partial charge in [0, 0.05) is 19.6 Å². The topological polar surface area (TPSA) is 65.1 Å². The molecule has 0 aromatic carbocycles. The van der Waals surface area contributed by atoms with Gasteiger partial charge in [-0.05, 0) is 38.8 Å². The van der Waals surface area contributed by atoms with Crippen LogP contribution < -0.4 is 0 Å². The molecule has 1 aliphatic rings. The molecule has 0 atom stereocenters. The fraction of sp³-hybridized carbons (Fsp3) is 0.786. The quantitative estimate of drug-likeness (QED) is 0.882. The Balaban J connectivity index is 1.83. The number of aromatic nitrogens is 3. The molecule has 112 valence electrons. The lowest BCUT2D eigenvalue weighted by Crippen LogP contribution is -2.42. The van der Waals surface area contributed by atoms with Crippen molar-refractivity contribution in [3.05, 3.63) is 11.6 Å². The minimum absolute atomic E-state index is 0.0457. The zero-order valence-corrected chi connectivity index (χ0v) is 12.7. The second kappa shape index (κ2) is 6.83. The van der Waals surface area contributed by atoms with E-state index in [2.05, 4.69) is 33.9 Å². The van der Waals surface area contributed by atoms with Crippen LogP contribution in [-0.2, 0) is 0 Å². The van der Waals surface area contributed by atoms with Gasteiger partial charge in [0.15, 0.2) is 0 Å². The summed E-state index contributed by atoms with van der Waals surface area (Å²) in [6.07, 6.45) is 2.15. The molecule has 6 heteroatoms. The molecule has 6 nitrogen and oxygen atoms in total. The highest BCUT2D eigenvalue weighted by molar-refractivity contribution is 5.90. The molecule has 1 aromatic rings. The normalized spacial score (nSPS) is 16.9. The summed E-state index contributed by atoms with van der Waals surface area (Å²) in [4.78, 5) is 20.7. The molecule has 1 saturated heterocycles. The number of piperidine rings is 1. The highest BCUT2D eigenvalue weighted by atomic mass is 16.2. The van der Waals surface area contributed by atoms with E-state index in [9.17, 15) is 4.79 Å². The Hall–Kier alpha value is -1.43. The van der Waals surface area contributed by atoms with Gasteiger partial charge in [-0.15, -0.1) is 5.10 Å². The first-order chi connectivity index (χ1) is 9.63. The van der Waals surface area contributed by atoms with Gasteiger partial charge in [0.25, 0.3) is 5.91 Å². The van der Waals surface area contributed by atoms with Gasteiger partial charge in [-0.3, -0.25) is 9.89 Å². The van der Waals surface area contributed by atoms with Crippen molar-refractivity contribution in [2.75, 3.05) is 32.7 Å². The van der Waals surface area contributed by atoms with Crippen molar-refractivity contribution in [2.45, 2.75) is 33.6 Å². The van der Waals surface area contributed by atoms with E-state index < -0.39 is 0 Å². The number of amides is 1. The standard InChI is InChI=1S/C14H25N5O/c1-4-18(5-2)10-12-6-8-19(9-7-12)14(20)13-15-11(3)16-17-13/h12H,4-10H2,1-3H3,(H,15,16,17). The van der Waals surface area contributed by atoms with Crippen LogP contribution in [0.3, 0.4) is 0 Å². The number of rotatable bonds is 5. The molecule has 1 N–H and O–H groups in total. The van der Waals surface area contributed by atoms with Crippen molar-refractivity contribution in [3.63, 3.8) is 0 Å². The number of nitrogens with one attached hydrogen (secondary N) is 1. The van der Waals surface area contributed by atoms with E-state index in [0.29, 0.717) is 17.6 Å². The first-order valence-electron chi connectivity index (χ1n) is 7.54. The lowest BCUT2D eigenvalue weighted by Gasteiger charge is -2.33. The zero-order valence-electron chi connectivity index (χ0n) is 12.7. The maximum atomic E-state index is 12.2.